The number of rotatable bonds is 9. The van der Waals surface area contributed by atoms with Crippen LogP contribution in [0.4, 0.5) is 0 Å². The van der Waals surface area contributed by atoms with Gasteiger partial charge in [0.2, 0.25) is 5.88 Å². The van der Waals surface area contributed by atoms with Crippen LogP contribution in [0.3, 0.4) is 0 Å². The largest absolute Gasteiger partial charge is 0.496 e. The van der Waals surface area contributed by atoms with E-state index in [1.54, 1.807) is 14.0 Å². The number of hydrogen-bond acceptors (Lipinski definition) is 8. The maximum absolute atomic E-state index is 13.3. The Kier molecular flexibility index (Phi) is 7.06. The maximum Gasteiger partial charge on any atom is 0.323 e. The van der Waals surface area contributed by atoms with Gasteiger partial charge in [0, 0.05) is 42.5 Å². The number of para-hydroxylation sites is 1. The summed E-state index contributed by atoms with van der Waals surface area (Å²) in [6, 6.07) is 7.62. The topological polar surface area (TPSA) is 131 Å². The molecular formula is C26H28N4O7. The second-order valence-corrected chi connectivity index (χ2v) is 8.92. The fraction of sp³-hybridized carbons (Fsp3) is 0.385. The molecule has 194 valence electrons. The second-order valence-electron chi connectivity index (χ2n) is 8.92. The van der Waals surface area contributed by atoms with Gasteiger partial charge >= 0.3 is 5.97 Å². The number of fused-ring (bicyclic) bond motifs is 1. The van der Waals surface area contributed by atoms with Gasteiger partial charge < -0.3 is 28.3 Å². The van der Waals surface area contributed by atoms with E-state index in [0.717, 1.165) is 18.4 Å². The number of carboxylic acids is 1. The second kappa shape index (κ2) is 10.6. The van der Waals surface area contributed by atoms with Gasteiger partial charge in [-0.1, -0.05) is 18.2 Å². The molecule has 11 heteroatoms. The summed E-state index contributed by atoms with van der Waals surface area (Å²) < 4.78 is 25.1. The first-order valence-corrected chi connectivity index (χ1v) is 12.1. The third-order valence-electron chi connectivity index (χ3n) is 6.52. The molecule has 0 aliphatic carbocycles. The molecule has 3 aromatic heterocycles. The van der Waals surface area contributed by atoms with Crippen LogP contribution in [0.15, 0.2) is 52.1 Å². The number of aromatic nitrogens is 4. The highest BCUT2D eigenvalue weighted by Gasteiger charge is 2.27. The van der Waals surface area contributed by atoms with E-state index in [9.17, 15) is 14.7 Å². The van der Waals surface area contributed by atoms with E-state index in [0.29, 0.717) is 48.0 Å². The van der Waals surface area contributed by atoms with Gasteiger partial charge in [0.05, 0.1) is 37.1 Å². The van der Waals surface area contributed by atoms with Crippen molar-refractivity contribution in [3.63, 3.8) is 0 Å². The number of benzene rings is 1. The van der Waals surface area contributed by atoms with E-state index in [-0.39, 0.29) is 11.5 Å². The molecule has 4 heterocycles. The van der Waals surface area contributed by atoms with Crippen LogP contribution < -0.4 is 10.3 Å². The van der Waals surface area contributed by atoms with Gasteiger partial charge in [0.15, 0.2) is 0 Å². The summed E-state index contributed by atoms with van der Waals surface area (Å²) in [5.41, 5.74) is 1.89. The third kappa shape index (κ3) is 5.00. The molecule has 1 atom stereocenters. The minimum atomic E-state index is -1.12. The van der Waals surface area contributed by atoms with Crippen LogP contribution in [0.1, 0.15) is 35.6 Å². The standard InChI is InChI=1S/C26H28N4O7/c1-16-23-24(37-26(16)30-27-9-10-28-30)17(14-29(25(23)33)15-22(31)32)13-21(36-18-7-11-35-12-8-18)19-5-3-4-6-20(19)34-2/h3-6,9-10,14,18,21H,7-8,11-13,15H2,1-2H3,(H,31,32)/t21-/m0/s1. The first kappa shape index (κ1) is 24.7. The van der Waals surface area contributed by atoms with Crippen molar-refractivity contribution in [1.82, 2.24) is 19.6 Å². The number of pyridine rings is 1. The third-order valence-corrected chi connectivity index (χ3v) is 6.52. The SMILES string of the molecule is COc1ccccc1[C@H](Cc1cn(CC(=O)O)c(=O)c2c(C)c(-n3nccn3)oc12)OC1CCOCC1. The monoisotopic (exact) mass is 508 g/mol. The van der Waals surface area contributed by atoms with Crippen LogP contribution >= 0.6 is 0 Å². The molecule has 0 radical (unpaired) electrons. The molecule has 0 saturated carbocycles. The smallest absolute Gasteiger partial charge is 0.323 e. The Bertz CT molecular complexity index is 1450. The van der Waals surface area contributed by atoms with Crippen molar-refractivity contribution in [3.05, 3.63) is 69.9 Å². The molecule has 1 fully saturated rings. The Morgan fingerprint density at radius 1 is 1.22 bits per heavy atom. The number of methoxy groups -OCH3 is 1. The van der Waals surface area contributed by atoms with Crippen LogP contribution in [-0.2, 0) is 27.2 Å². The highest BCUT2D eigenvalue weighted by Crippen LogP contribution is 2.35. The lowest BCUT2D eigenvalue weighted by atomic mass is 9.99. The zero-order chi connectivity index (χ0) is 25.9. The number of aliphatic carboxylic acids is 1. The Hall–Kier alpha value is -3.96. The maximum atomic E-state index is 13.3. The van der Waals surface area contributed by atoms with Gasteiger partial charge in [-0.2, -0.15) is 10.2 Å². The van der Waals surface area contributed by atoms with E-state index >= 15 is 0 Å². The summed E-state index contributed by atoms with van der Waals surface area (Å²) in [5.74, 6) is -0.153. The van der Waals surface area contributed by atoms with Crippen molar-refractivity contribution in [2.45, 2.75) is 44.9 Å². The lowest BCUT2D eigenvalue weighted by molar-refractivity contribution is -0.137. The highest BCUT2D eigenvalue weighted by atomic mass is 16.5. The van der Waals surface area contributed by atoms with Gasteiger partial charge in [-0.05, 0) is 25.8 Å². The summed E-state index contributed by atoms with van der Waals surface area (Å²) in [6.45, 7) is 2.49. The van der Waals surface area contributed by atoms with Gasteiger partial charge in [-0.3, -0.25) is 9.59 Å². The van der Waals surface area contributed by atoms with Crippen molar-refractivity contribution in [2.75, 3.05) is 20.3 Å². The number of ether oxygens (including phenoxy) is 3. The molecule has 0 unspecified atom stereocenters. The average molecular weight is 509 g/mol. The molecule has 0 amide bonds. The highest BCUT2D eigenvalue weighted by molar-refractivity contribution is 5.86. The van der Waals surface area contributed by atoms with Crippen molar-refractivity contribution in [2.24, 2.45) is 0 Å². The quantitative estimate of drug-likeness (QED) is 0.362. The number of furan rings is 1. The molecule has 4 aromatic rings. The van der Waals surface area contributed by atoms with Gasteiger partial charge in [-0.25, -0.2) is 0 Å². The lowest BCUT2D eigenvalue weighted by Crippen LogP contribution is -2.27. The Labute approximate surface area is 212 Å². The fourth-order valence-corrected chi connectivity index (χ4v) is 4.76. The summed E-state index contributed by atoms with van der Waals surface area (Å²) in [5, 5.41) is 18.0. The van der Waals surface area contributed by atoms with E-state index in [2.05, 4.69) is 10.2 Å². The van der Waals surface area contributed by atoms with Gasteiger partial charge in [0.1, 0.15) is 17.9 Å². The predicted molar refractivity (Wildman–Crippen MR) is 132 cm³/mol. The van der Waals surface area contributed by atoms with E-state index in [1.165, 1.54) is 28.0 Å². The van der Waals surface area contributed by atoms with Crippen LogP contribution in [0.5, 0.6) is 5.75 Å². The minimum absolute atomic E-state index is 0.0220. The van der Waals surface area contributed by atoms with E-state index in [4.69, 9.17) is 18.6 Å². The fourth-order valence-electron chi connectivity index (χ4n) is 4.76. The lowest BCUT2D eigenvalue weighted by Gasteiger charge is -2.29. The Morgan fingerprint density at radius 3 is 2.65 bits per heavy atom. The predicted octanol–water partition coefficient (Wildman–Crippen LogP) is 3.06. The molecule has 11 nitrogen and oxygen atoms in total. The Balaban J connectivity index is 1.65. The summed E-state index contributed by atoms with van der Waals surface area (Å²) >= 11 is 0. The number of nitrogens with zero attached hydrogens (tertiary/aromatic N) is 4. The molecule has 1 saturated heterocycles. The minimum Gasteiger partial charge on any atom is -0.496 e. The molecule has 1 aliphatic heterocycles. The number of carboxylic acid groups (broad SMARTS) is 1. The molecule has 1 aliphatic rings. The van der Waals surface area contributed by atoms with Crippen molar-refractivity contribution in [1.29, 1.82) is 0 Å². The molecular weight excluding hydrogens is 480 g/mol. The van der Waals surface area contributed by atoms with Gasteiger partial charge in [0.25, 0.3) is 5.56 Å². The van der Waals surface area contributed by atoms with E-state index in [1.807, 2.05) is 24.3 Å². The van der Waals surface area contributed by atoms with Crippen molar-refractivity contribution >= 4 is 16.9 Å². The zero-order valence-corrected chi connectivity index (χ0v) is 20.6. The van der Waals surface area contributed by atoms with Crippen LogP contribution in [0.2, 0.25) is 0 Å². The summed E-state index contributed by atoms with van der Waals surface area (Å²) in [6.07, 6.45) is 5.92. The Morgan fingerprint density at radius 2 is 1.95 bits per heavy atom. The normalized spacial score (nSPS) is 15.2. The summed E-state index contributed by atoms with van der Waals surface area (Å²) in [7, 11) is 1.61. The zero-order valence-electron chi connectivity index (χ0n) is 20.6. The number of aryl methyl sites for hydroxylation is 1. The van der Waals surface area contributed by atoms with Crippen LogP contribution in [0.25, 0.3) is 16.9 Å². The average Bonchev–Trinajstić information content (AvgIpc) is 3.55. The molecule has 1 N–H and O–H groups in total. The first-order chi connectivity index (χ1) is 18.0. The first-order valence-electron chi connectivity index (χ1n) is 12.1. The molecule has 1 aromatic carbocycles. The molecule has 5 rings (SSSR count). The molecule has 0 bridgehead atoms. The van der Waals surface area contributed by atoms with E-state index < -0.39 is 24.2 Å². The van der Waals surface area contributed by atoms with Crippen LogP contribution in [-0.4, -0.2) is 57.1 Å². The molecule has 37 heavy (non-hydrogen) atoms. The summed E-state index contributed by atoms with van der Waals surface area (Å²) in [4.78, 5) is 26.2. The van der Waals surface area contributed by atoms with Gasteiger partial charge in [-0.15, -0.1) is 4.80 Å². The van der Waals surface area contributed by atoms with Crippen LogP contribution in [0, 0.1) is 6.92 Å². The number of carbonyl (C=O) groups is 1. The molecule has 0 spiro atoms. The van der Waals surface area contributed by atoms with Crippen molar-refractivity contribution < 1.29 is 28.5 Å². The van der Waals surface area contributed by atoms with Crippen molar-refractivity contribution in [3.8, 4) is 11.6 Å². The number of hydrogen-bond donors (Lipinski definition) is 1.